The van der Waals surface area contributed by atoms with Crippen molar-refractivity contribution in [1.82, 2.24) is 4.90 Å². The van der Waals surface area contributed by atoms with E-state index in [0.29, 0.717) is 36.0 Å². The number of hydrogen-bond acceptors (Lipinski definition) is 4. The van der Waals surface area contributed by atoms with Crippen LogP contribution in [0.5, 0.6) is 0 Å². The Bertz CT molecular complexity index is 576. The van der Waals surface area contributed by atoms with Gasteiger partial charge < -0.3 is 14.4 Å². The number of carbonyl (C=O) groups excluding carboxylic acids is 2. The molecule has 1 aromatic rings. The minimum Gasteiger partial charge on any atom is -0.444 e. The van der Waals surface area contributed by atoms with Crippen LogP contribution in [0.2, 0.25) is 10.0 Å². The molecule has 0 unspecified atom stereocenters. The first-order valence-electron chi connectivity index (χ1n) is 8.17. The van der Waals surface area contributed by atoms with Gasteiger partial charge >= 0.3 is 6.09 Å². The number of ether oxygens (including phenoxy) is 1. The normalized spacial score (nSPS) is 11.2. The summed E-state index contributed by atoms with van der Waals surface area (Å²) >= 11 is 13.9. The van der Waals surface area contributed by atoms with Crippen molar-refractivity contribution in [1.29, 1.82) is 0 Å². The fourth-order valence-corrected chi connectivity index (χ4v) is 3.26. The Kier molecular flexibility index (Phi) is 9.69. The molecule has 0 N–H and O–H groups in total. The number of halogens is 2. The molecule has 0 aliphatic heterocycles. The highest BCUT2D eigenvalue weighted by Gasteiger charge is 2.22. The molecule has 1 aromatic carbocycles. The van der Waals surface area contributed by atoms with Gasteiger partial charge in [-0.15, -0.1) is 0 Å². The van der Waals surface area contributed by atoms with Crippen molar-refractivity contribution < 1.29 is 14.3 Å². The second kappa shape index (κ2) is 10.9. The predicted molar refractivity (Wildman–Crippen MR) is 106 cm³/mol. The molecular weight excluding hydrogens is 381 g/mol. The maximum Gasteiger partial charge on any atom is 0.410 e. The molecule has 140 valence electrons. The molecule has 0 saturated carbocycles. The Morgan fingerprint density at radius 1 is 1.24 bits per heavy atom. The molecule has 0 atom stereocenters. The number of carbonyl (C=O) groups is 2. The van der Waals surface area contributed by atoms with Crippen molar-refractivity contribution >= 4 is 47.3 Å². The van der Waals surface area contributed by atoms with E-state index in [1.165, 1.54) is 0 Å². The third-order valence-corrected chi connectivity index (χ3v) is 5.07. The average molecular weight is 406 g/mol. The Labute approximate surface area is 164 Å². The molecule has 0 bridgehead atoms. The molecule has 0 heterocycles. The van der Waals surface area contributed by atoms with Crippen molar-refractivity contribution in [3.05, 3.63) is 33.8 Å². The van der Waals surface area contributed by atoms with Gasteiger partial charge in [-0.3, -0.25) is 0 Å². The van der Waals surface area contributed by atoms with Crippen molar-refractivity contribution in [2.24, 2.45) is 0 Å². The first-order chi connectivity index (χ1) is 11.7. The molecule has 0 saturated heterocycles. The zero-order valence-corrected chi connectivity index (χ0v) is 17.2. The van der Waals surface area contributed by atoms with Crippen molar-refractivity contribution in [2.45, 2.75) is 39.2 Å². The quantitative estimate of drug-likeness (QED) is 0.423. The third kappa shape index (κ3) is 8.84. The summed E-state index contributed by atoms with van der Waals surface area (Å²) in [6, 6.07) is 5.49. The summed E-state index contributed by atoms with van der Waals surface area (Å²) in [5.74, 6) is 1.50. The number of hydrogen-bond donors (Lipinski definition) is 0. The van der Waals surface area contributed by atoms with Gasteiger partial charge in [0.1, 0.15) is 11.9 Å². The first-order valence-corrected chi connectivity index (χ1v) is 10.1. The Morgan fingerprint density at radius 2 is 1.96 bits per heavy atom. The van der Waals surface area contributed by atoms with Gasteiger partial charge in [0.15, 0.2) is 0 Å². The largest absolute Gasteiger partial charge is 0.444 e. The summed E-state index contributed by atoms with van der Waals surface area (Å²) in [7, 11) is 0. The third-order valence-electron chi connectivity index (χ3n) is 3.22. The molecule has 0 aliphatic rings. The molecule has 4 nitrogen and oxygen atoms in total. The van der Waals surface area contributed by atoms with Gasteiger partial charge in [0.25, 0.3) is 0 Å². The van der Waals surface area contributed by atoms with Gasteiger partial charge in [-0.1, -0.05) is 35.3 Å². The van der Waals surface area contributed by atoms with Crippen LogP contribution in [0.25, 0.3) is 0 Å². The van der Waals surface area contributed by atoms with Gasteiger partial charge in [0.05, 0.1) is 10.0 Å². The molecule has 7 heteroatoms. The van der Waals surface area contributed by atoms with Crippen LogP contribution in [0.15, 0.2) is 18.2 Å². The molecule has 1 amide bonds. The van der Waals surface area contributed by atoms with Crippen LogP contribution in [0.3, 0.4) is 0 Å². The molecule has 0 aliphatic carbocycles. The minimum absolute atomic E-state index is 0.346. The highest BCUT2D eigenvalue weighted by atomic mass is 35.5. The number of thioether (sulfide) groups is 1. The zero-order valence-electron chi connectivity index (χ0n) is 14.9. The summed E-state index contributed by atoms with van der Waals surface area (Å²) in [4.78, 5) is 24.5. The summed E-state index contributed by atoms with van der Waals surface area (Å²) in [6.07, 6.45) is 1.67. The number of rotatable bonds is 9. The first kappa shape index (κ1) is 22.1. The lowest BCUT2D eigenvalue weighted by Crippen LogP contribution is -2.39. The average Bonchev–Trinajstić information content (AvgIpc) is 2.52. The summed E-state index contributed by atoms with van der Waals surface area (Å²) < 4.78 is 5.48. The highest BCUT2D eigenvalue weighted by Crippen LogP contribution is 2.26. The number of aldehydes is 1. The van der Waals surface area contributed by atoms with Crippen LogP contribution in [0, 0.1) is 0 Å². The van der Waals surface area contributed by atoms with Gasteiger partial charge in [0, 0.05) is 25.3 Å². The van der Waals surface area contributed by atoms with E-state index in [4.69, 9.17) is 27.9 Å². The second-order valence-electron chi connectivity index (χ2n) is 6.50. The SMILES string of the molecule is CC(C)(C)OC(=O)N(CCSCCC=O)CCc1cccc(Cl)c1Cl. The topological polar surface area (TPSA) is 46.6 Å². The monoisotopic (exact) mass is 405 g/mol. The van der Waals surface area contributed by atoms with Gasteiger partial charge in [-0.2, -0.15) is 11.8 Å². The fraction of sp³-hybridized carbons (Fsp3) is 0.556. The summed E-state index contributed by atoms with van der Waals surface area (Å²) in [5.41, 5.74) is 0.351. The van der Waals surface area contributed by atoms with Crippen LogP contribution < -0.4 is 0 Å². The lowest BCUT2D eigenvalue weighted by Gasteiger charge is -2.27. The second-order valence-corrected chi connectivity index (χ2v) is 8.51. The Balaban J connectivity index is 2.67. The van der Waals surface area contributed by atoms with E-state index >= 15 is 0 Å². The molecule has 0 fully saturated rings. The fourth-order valence-electron chi connectivity index (χ4n) is 2.03. The van der Waals surface area contributed by atoms with E-state index in [1.807, 2.05) is 32.9 Å². The van der Waals surface area contributed by atoms with Crippen molar-refractivity contribution in [3.63, 3.8) is 0 Å². The van der Waals surface area contributed by atoms with Gasteiger partial charge in [0.2, 0.25) is 0 Å². The Hall–Kier alpha value is -0.910. The van der Waals surface area contributed by atoms with E-state index in [2.05, 4.69) is 0 Å². The lowest BCUT2D eigenvalue weighted by molar-refractivity contribution is -0.107. The summed E-state index contributed by atoms with van der Waals surface area (Å²) in [5, 5.41) is 1.03. The van der Waals surface area contributed by atoms with Crippen LogP contribution in [-0.2, 0) is 16.0 Å². The van der Waals surface area contributed by atoms with Crippen molar-refractivity contribution in [2.75, 3.05) is 24.6 Å². The molecule has 25 heavy (non-hydrogen) atoms. The smallest absolute Gasteiger partial charge is 0.410 e. The van der Waals surface area contributed by atoms with Crippen LogP contribution in [0.1, 0.15) is 32.8 Å². The van der Waals surface area contributed by atoms with E-state index in [-0.39, 0.29) is 6.09 Å². The molecule has 0 aromatic heterocycles. The van der Waals surface area contributed by atoms with E-state index in [0.717, 1.165) is 23.4 Å². The van der Waals surface area contributed by atoms with Gasteiger partial charge in [-0.05, 0) is 44.6 Å². The van der Waals surface area contributed by atoms with Crippen LogP contribution >= 0.6 is 35.0 Å². The number of benzene rings is 1. The minimum atomic E-state index is -0.548. The predicted octanol–water partition coefficient (Wildman–Crippen LogP) is 5.10. The highest BCUT2D eigenvalue weighted by molar-refractivity contribution is 7.99. The standard InChI is InChI=1S/C18H25Cl2NO3S/c1-18(2,3)24-17(23)21(10-13-25-12-5-11-22)9-8-14-6-4-7-15(19)16(14)20/h4,6-7,11H,5,8-10,12-13H2,1-3H3. The molecule has 0 radical (unpaired) electrons. The van der Waals surface area contributed by atoms with Crippen LogP contribution in [-0.4, -0.2) is 47.5 Å². The maximum absolute atomic E-state index is 12.4. The van der Waals surface area contributed by atoms with E-state index in [9.17, 15) is 9.59 Å². The van der Waals surface area contributed by atoms with Crippen molar-refractivity contribution in [3.8, 4) is 0 Å². The van der Waals surface area contributed by atoms with Crippen LogP contribution in [0.4, 0.5) is 4.79 Å². The van der Waals surface area contributed by atoms with E-state index in [1.54, 1.807) is 22.7 Å². The molecule has 1 rings (SSSR count). The molecular formula is C18H25Cl2NO3S. The number of amides is 1. The van der Waals surface area contributed by atoms with E-state index < -0.39 is 5.60 Å². The van der Waals surface area contributed by atoms with Gasteiger partial charge in [-0.25, -0.2) is 4.79 Å². The molecule has 0 spiro atoms. The Morgan fingerprint density at radius 3 is 2.60 bits per heavy atom. The maximum atomic E-state index is 12.4. The lowest BCUT2D eigenvalue weighted by atomic mass is 10.1. The zero-order chi connectivity index (χ0) is 18.9. The summed E-state index contributed by atoms with van der Waals surface area (Å²) in [6.45, 7) is 6.57. The number of nitrogens with zero attached hydrogens (tertiary/aromatic N) is 1.